The van der Waals surface area contributed by atoms with Crippen LogP contribution in [0.1, 0.15) is 32.6 Å². The van der Waals surface area contributed by atoms with Crippen LogP contribution in [0.25, 0.3) is 0 Å². The Morgan fingerprint density at radius 1 is 1.42 bits per heavy atom. The minimum atomic E-state index is 0.740. The highest BCUT2D eigenvalue weighted by Gasteiger charge is 2.11. The summed E-state index contributed by atoms with van der Waals surface area (Å²) in [6.07, 6.45) is 9.27. The van der Waals surface area contributed by atoms with Crippen LogP contribution in [0.5, 0.6) is 0 Å². The average Bonchev–Trinajstić information content (AvgIpc) is 2.33. The molecule has 1 saturated heterocycles. The fourth-order valence-electron chi connectivity index (χ4n) is 1.37. The number of hydrogen-bond acceptors (Lipinski definition) is 2. The van der Waals surface area contributed by atoms with E-state index in [-0.39, 0.29) is 0 Å². The zero-order valence-corrected chi connectivity index (χ0v) is 8.61. The molecule has 1 aliphatic heterocycles. The van der Waals surface area contributed by atoms with Crippen molar-refractivity contribution >= 4 is 11.8 Å². The molecule has 1 nitrogen and oxygen atoms in total. The molecule has 0 radical (unpaired) electrons. The van der Waals surface area contributed by atoms with Gasteiger partial charge in [-0.25, -0.2) is 0 Å². The smallest absolute Gasteiger partial charge is 0.0991 e. The summed E-state index contributed by atoms with van der Waals surface area (Å²) >= 11 is 2.08. The maximum absolute atomic E-state index is 5.38. The third-order valence-electron chi connectivity index (χ3n) is 2.04. The van der Waals surface area contributed by atoms with Gasteiger partial charge in [-0.1, -0.05) is 18.9 Å². The largest absolute Gasteiger partial charge is 0.500 e. The van der Waals surface area contributed by atoms with E-state index in [1.165, 1.54) is 31.4 Å². The first-order chi connectivity index (χ1) is 5.93. The van der Waals surface area contributed by atoms with Crippen molar-refractivity contribution in [3.05, 3.63) is 12.3 Å². The molecule has 12 heavy (non-hydrogen) atoms. The zero-order chi connectivity index (χ0) is 8.65. The highest BCUT2D eigenvalue weighted by Crippen LogP contribution is 2.24. The molecule has 1 unspecified atom stereocenters. The molecule has 0 aromatic rings. The summed E-state index contributed by atoms with van der Waals surface area (Å²) in [6.45, 7) is 2.88. The summed E-state index contributed by atoms with van der Waals surface area (Å²) in [5, 5.41) is 0.740. The van der Waals surface area contributed by atoms with Gasteiger partial charge >= 0.3 is 0 Å². The maximum atomic E-state index is 5.38. The second-order valence-corrected chi connectivity index (χ2v) is 4.55. The molecule has 2 heteroatoms. The fourth-order valence-corrected chi connectivity index (χ4v) is 2.59. The predicted molar refractivity (Wildman–Crippen MR) is 55.5 cm³/mol. The molecule has 0 amide bonds. The first-order valence-corrected chi connectivity index (χ1v) is 5.82. The minimum Gasteiger partial charge on any atom is -0.500 e. The molecule has 0 bridgehead atoms. The Morgan fingerprint density at radius 2 is 2.33 bits per heavy atom. The number of rotatable bonds is 3. The lowest BCUT2D eigenvalue weighted by molar-refractivity contribution is 0.246. The number of ether oxygens (including phenoxy) is 1. The van der Waals surface area contributed by atoms with Gasteiger partial charge in [-0.2, -0.15) is 11.8 Å². The van der Waals surface area contributed by atoms with Gasteiger partial charge in [-0.3, -0.25) is 0 Å². The first kappa shape index (κ1) is 9.97. The van der Waals surface area contributed by atoms with E-state index in [4.69, 9.17) is 4.74 Å². The maximum Gasteiger partial charge on any atom is 0.0991 e. The molecule has 0 N–H and O–H groups in total. The van der Waals surface area contributed by atoms with Gasteiger partial charge in [-0.15, -0.1) is 0 Å². The van der Waals surface area contributed by atoms with E-state index in [1.54, 1.807) is 6.26 Å². The first-order valence-electron chi connectivity index (χ1n) is 4.78. The summed E-state index contributed by atoms with van der Waals surface area (Å²) < 4.78 is 5.38. The zero-order valence-electron chi connectivity index (χ0n) is 7.79. The third-order valence-corrected chi connectivity index (χ3v) is 3.41. The van der Waals surface area contributed by atoms with Crippen molar-refractivity contribution in [3.63, 3.8) is 0 Å². The van der Waals surface area contributed by atoms with Crippen LogP contribution in [0.15, 0.2) is 12.3 Å². The molecular formula is C10H18OS. The van der Waals surface area contributed by atoms with Crippen LogP contribution >= 0.6 is 11.8 Å². The highest BCUT2D eigenvalue weighted by molar-refractivity contribution is 7.99. The second kappa shape index (κ2) is 6.41. The quantitative estimate of drug-likeness (QED) is 0.626. The fraction of sp³-hybridized carbons (Fsp3) is 0.800. The lowest BCUT2D eigenvalue weighted by Gasteiger charge is -2.11. The van der Waals surface area contributed by atoms with Crippen molar-refractivity contribution in [3.8, 4) is 0 Å². The number of thioether (sulfide) groups is 1. The van der Waals surface area contributed by atoms with Crippen molar-refractivity contribution in [2.45, 2.75) is 37.9 Å². The number of hydrogen-bond donors (Lipinski definition) is 0. The molecule has 0 spiro atoms. The van der Waals surface area contributed by atoms with Gasteiger partial charge in [0.1, 0.15) is 0 Å². The van der Waals surface area contributed by atoms with Crippen LogP contribution in [0.2, 0.25) is 0 Å². The average molecular weight is 186 g/mol. The molecule has 0 aromatic heterocycles. The SMILES string of the molecule is C/C=C/OCC1CCCCCS1. The standard InChI is InChI=1S/C10H18OS/c1-2-7-11-9-10-6-4-3-5-8-12-10/h2,7,10H,3-6,8-9H2,1H3/b7-2+. The van der Waals surface area contributed by atoms with E-state index in [0.717, 1.165) is 11.9 Å². The van der Waals surface area contributed by atoms with Crippen molar-refractivity contribution in [2.24, 2.45) is 0 Å². The van der Waals surface area contributed by atoms with E-state index >= 15 is 0 Å². The Kier molecular flexibility index (Phi) is 5.33. The van der Waals surface area contributed by atoms with E-state index in [1.807, 2.05) is 13.0 Å². The summed E-state index contributed by atoms with van der Waals surface area (Å²) in [4.78, 5) is 0. The topological polar surface area (TPSA) is 9.23 Å². The van der Waals surface area contributed by atoms with Gasteiger partial charge in [0.15, 0.2) is 0 Å². The van der Waals surface area contributed by atoms with Crippen LogP contribution in [-0.4, -0.2) is 17.6 Å². The molecule has 0 saturated carbocycles. The Balaban J connectivity index is 2.11. The van der Waals surface area contributed by atoms with Crippen LogP contribution in [0.3, 0.4) is 0 Å². The van der Waals surface area contributed by atoms with E-state index < -0.39 is 0 Å². The Bertz CT molecular complexity index is 126. The number of allylic oxidation sites excluding steroid dienone is 1. The van der Waals surface area contributed by atoms with Crippen molar-refractivity contribution in [2.75, 3.05) is 12.4 Å². The van der Waals surface area contributed by atoms with Crippen LogP contribution in [-0.2, 0) is 4.74 Å². The van der Waals surface area contributed by atoms with Gasteiger partial charge in [0, 0.05) is 5.25 Å². The molecule has 1 atom stereocenters. The van der Waals surface area contributed by atoms with Gasteiger partial charge in [0.05, 0.1) is 12.9 Å². The van der Waals surface area contributed by atoms with Gasteiger partial charge < -0.3 is 4.74 Å². The van der Waals surface area contributed by atoms with E-state index in [0.29, 0.717) is 0 Å². The molecule has 70 valence electrons. The molecule has 0 aliphatic carbocycles. The Morgan fingerprint density at radius 3 is 3.17 bits per heavy atom. The third kappa shape index (κ3) is 4.05. The summed E-state index contributed by atoms with van der Waals surface area (Å²) in [5.41, 5.74) is 0. The molecule has 1 rings (SSSR count). The van der Waals surface area contributed by atoms with Gasteiger partial charge in [0.25, 0.3) is 0 Å². The van der Waals surface area contributed by atoms with Crippen molar-refractivity contribution < 1.29 is 4.74 Å². The second-order valence-electron chi connectivity index (χ2n) is 3.14. The van der Waals surface area contributed by atoms with Gasteiger partial charge in [-0.05, 0) is 25.5 Å². The summed E-state index contributed by atoms with van der Waals surface area (Å²) in [5.74, 6) is 1.32. The van der Waals surface area contributed by atoms with E-state index in [9.17, 15) is 0 Å². The molecule has 0 aromatic carbocycles. The lowest BCUT2D eigenvalue weighted by atomic mass is 10.2. The minimum absolute atomic E-state index is 0.740. The molecule has 1 fully saturated rings. The highest BCUT2D eigenvalue weighted by atomic mass is 32.2. The van der Waals surface area contributed by atoms with E-state index in [2.05, 4.69) is 11.8 Å². The normalized spacial score (nSPS) is 25.6. The monoisotopic (exact) mass is 186 g/mol. The van der Waals surface area contributed by atoms with Gasteiger partial charge in [0.2, 0.25) is 0 Å². The van der Waals surface area contributed by atoms with Crippen LogP contribution < -0.4 is 0 Å². The summed E-state index contributed by atoms with van der Waals surface area (Å²) in [6, 6.07) is 0. The van der Waals surface area contributed by atoms with Crippen LogP contribution in [0, 0.1) is 0 Å². The van der Waals surface area contributed by atoms with Crippen LogP contribution in [0.4, 0.5) is 0 Å². The molecule has 1 aliphatic rings. The Labute approximate surface area is 79.6 Å². The molecule has 1 heterocycles. The Hall–Kier alpha value is -0.110. The van der Waals surface area contributed by atoms with Crippen molar-refractivity contribution in [1.29, 1.82) is 0 Å². The summed E-state index contributed by atoms with van der Waals surface area (Å²) in [7, 11) is 0. The van der Waals surface area contributed by atoms with Crippen molar-refractivity contribution in [1.82, 2.24) is 0 Å². The lowest BCUT2D eigenvalue weighted by Crippen LogP contribution is -2.09. The predicted octanol–water partition coefficient (Wildman–Crippen LogP) is 3.21. The molecular weight excluding hydrogens is 168 g/mol.